The summed E-state index contributed by atoms with van der Waals surface area (Å²) < 4.78 is 1.43. The number of rotatable bonds is 5. The van der Waals surface area contributed by atoms with Crippen LogP contribution in [0, 0.1) is 6.92 Å². The highest BCUT2D eigenvalue weighted by atomic mass is 16.3. The number of carbonyl (C=O) groups is 2. The first-order valence-corrected chi connectivity index (χ1v) is 11.0. The van der Waals surface area contributed by atoms with E-state index in [2.05, 4.69) is 15.7 Å². The van der Waals surface area contributed by atoms with Gasteiger partial charge >= 0.3 is 6.03 Å². The lowest BCUT2D eigenvalue weighted by Gasteiger charge is -2.12. The van der Waals surface area contributed by atoms with Crippen molar-refractivity contribution in [3.05, 3.63) is 65.4 Å². The van der Waals surface area contributed by atoms with Crippen molar-refractivity contribution < 1.29 is 14.7 Å². The predicted octanol–water partition coefficient (Wildman–Crippen LogP) is 4.94. The number of aromatic nitrogens is 2. The van der Waals surface area contributed by atoms with Gasteiger partial charge in [0.05, 0.1) is 11.4 Å². The second kappa shape index (κ2) is 9.26. The van der Waals surface area contributed by atoms with Gasteiger partial charge in [-0.15, -0.1) is 0 Å². The highest BCUT2D eigenvalue weighted by Crippen LogP contribution is 2.38. The van der Waals surface area contributed by atoms with E-state index >= 15 is 0 Å². The minimum absolute atomic E-state index is 0.0433. The summed E-state index contributed by atoms with van der Waals surface area (Å²) in [6.45, 7) is 3.86. The highest BCUT2D eigenvalue weighted by molar-refractivity contribution is 5.90. The van der Waals surface area contributed by atoms with Gasteiger partial charge in [-0.05, 0) is 49.6 Å². The molecule has 1 aliphatic rings. The molecule has 0 saturated heterocycles. The number of phenols is 1. The molecule has 0 spiro atoms. The van der Waals surface area contributed by atoms with Crippen LogP contribution in [0.25, 0.3) is 11.3 Å². The topological polar surface area (TPSA) is 96.2 Å². The summed E-state index contributed by atoms with van der Waals surface area (Å²) in [4.78, 5) is 24.5. The van der Waals surface area contributed by atoms with Crippen LogP contribution in [-0.4, -0.2) is 26.8 Å². The Hall–Kier alpha value is -3.61. The predicted molar refractivity (Wildman–Crippen MR) is 124 cm³/mol. The van der Waals surface area contributed by atoms with E-state index in [1.165, 1.54) is 23.2 Å². The molecule has 166 valence electrons. The van der Waals surface area contributed by atoms with Crippen LogP contribution in [0.3, 0.4) is 0 Å². The van der Waals surface area contributed by atoms with E-state index in [0.717, 1.165) is 36.9 Å². The van der Waals surface area contributed by atoms with Crippen molar-refractivity contribution in [2.45, 2.75) is 52.0 Å². The maximum absolute atomic E-state index is 13.1. The Morgan fingerprint density at radius 3 is 2.50 bits per heavy atom. The maximum Gasteiger partial charge on any atom is 0.342 e. The minimum atomic E-state index is -0.295. The van der Waals surface area contributed by atoms with Crippen LogP contribution in [0.15, 0.2) is 48.5 Å². The lowest BCUT2D eigenvalue weighted by molar-refractivity contribution is -0.114. The summed E-state index contributed by atoms with van der Waals surface area (Å²) in [6.07, 6.45) is 4.27. The van der Waals surface area contributed by atoms with Crippen molar-refractivity contribution in [1.29, 1.82) is 0 Å². The Balaban J connectivity index is 1.64. The fourth-order valence-electron chi connectivity index (χ4n) is 4.18. The molecule has 1 heterocycles. The first-order chi connectivity index (χ1) is 15.4. The van der Waals surface area contributed by atoms with Gasteiger partial charge in [0.1, 0.15) is 5.75 Å². The van der Waals surface area contributed by atoms with Gasteiger partial charge in [0.15, 0.2) is 0 Å². The van der Waals surface area contributed by atoms with Crippen LogP contribution < -0.4 is 10.6 Å². The second-order valence-corrected chi connectivity index (χ2v) is 8.41. The molecule has 1 aromatic heterocycles. The largest absolute Gasteiger partial charge is 0.507 e. The third-order valence-electron chi connectivity index (χ3n) is 5.86. The van der Waals surface area contributed by atoms with Crippen molar-refractivity contribution in [3.8, 4) is 17.0 Å². The van der Waals surface area contributed by atoms with Crippen molar-refractivity contribution in [2.24, 2.45) is 0 Å². The number of nitrogens with one attached hydrogen (secondary N) is 2. The SMILES string of the molecule is CC(=O)Nc1ccc(O)c(-c2cc(C3CCCC3)n(C(=O)NCc3ccc(C)cc3)n2)c1. The van der Waals surface area contributed by atoms with E-state index in [1.54, 1.807) is 12.1 Å². The van der Waals surface area contributed by atoms with Gasteiger partial charge in [0, 0.05) is 30.6 Å². The Morgan fingerprint density at radius 1 is 1.09 bits per heavy atom. The lowest BCUT2D eigenvalue weighted by atomic mass is 10.0. The standard InChI is InChI=1S/C25H28N4O3/c1-16-7-9-18(10-8-16)15-26-25(32)29-23(19-5-3-4-6-19)14-22(28-29)21-13-20(27-17(2)30)11-12-24(21)31/h7-14,19,31H,3-6,15H2,1-2H3,(H,26,32)(H,27,30). The van der Waals surface area contributed by atoms with E-state index in [4.69, 9.17) is 0 Å². The Kier molecular flexibility index (Phi) is 6.25. The minimum Gasteiger partial charge on any atom is -0.507 e. The summed E-state index contributed by atoms with van der Waals surface area (Å²) in [5.74, 6) is 0.0955. The molecular formula is C25H28N4O3. The fraction of sp³-hybridized carbons (Fsp3) is 0.320. The van der Waals surface area contributed by atoms with Gasteiger partial charge in [-0.3, -0.25) is 4.79 Å². The fourth-order valence-corrected chi connectivity index (χ4v) is 4.18. The number of anilines is 1. The normalized spacial score (nSPS) is 13.8. The van der Waals surface area contributed by atoms with Gasteiger partial charge in [-0.25, -0.2) is 4.79 Å². The molecule has 1 fully saturated rings. The summed E-state index contributed by atoms with van der Waals surface area (Å²) in [7, 11) is 0. The van der Waals surface area contributed by atoms with Crippen LogP contribution in [0.4, 0.5) is 10.5 Å². The summed E-state index contributed by atoms with van der Waals surface area (Å²) in [5.41, 5.74) is 4.57. The molecule has 32 heavy (non-hydrogen) atoms. The number of amides is 2. The van der Waals surface area contributed by atoms with Gasteiger partial charge in [0.25, 0.3) is 0 Å². The Labute approximate surface area is 187 Å². The van der Waals surface area contributed by atoms with Crippen LogP contribution >= 0.6 is 0 Å². The summed E-state index contributed by atoms with van der Waals surface area (Å²) >= 11 is 0. The number of benzene rings is 2. The monoisotopic (exact) mass is 432 g/mol. The van der Waals surface area contributed by atoms with E-state index in [0.29, 0.717) is 23.5 Å². The van der Waals surface area contributed by atoms with Crippen molar-refractivity contribution in [3.63, 3.8) is 0 Å². The summed E-state index contributed by atoms with van der Waals surface area (Å²) in [6, 6.07) is 14.4. The molecule has 1 saturated carbocycles. The zero-order chi connectivity index (χ0) is 22.7. The number of hydrogen-bond donors (Lipinski definition) is 3. The molecule has 7 nitrogen and oxygen atoms in total. The first kappa shape index (κ1) is 21.6. The van der Waals surface area contributed by atoms with E-state index in [-0.39, 0.29) is 23.6 Å². The van der Waals surface area contributed by atoms with Gasteiger partial charge < -0.3 is 15.7 Å². The zero-order valence-corrected chi connectivity index (χ0v) is 18.4. The molecule has 2 aromatic carbocycles. The molecule has 0 radical (unpaired) electrons. The molecule has 0 bridgehead atoms. The van der Waals surface area contributed by atoms with Crippen molar-refractivity contribution >= 4 is 17.6 Å². The van der Waals surface area contributed by atoms with E-state index < -0.39 is 0 Å². The average molecular weight is 433 g/mol. The smallest absolute Gasteiger partial charge is 0.342 e. The molecule has 0 atom stereocenters. The van der Waals surface area contributed by atoms with Crippen LogP contribution in [0.1, 0.15) is 55.3 Å². The lowest BCUT2D eigenvalue weighted by Crippen LogP contribution is -2.30. The molecule has 2 amide bonds. The maximum atomic E-state index is 13.1. The van der Waals surface area contributed by atoms with Crippen molar-refractivity contribution in [2.75, 3.05) is 5.32 Å². The molecule has 3 aromatic rings. The number of hydrogen-bond acceptors (Lipinski definition) is 4. The number of carbonyl (C=O) groups excluding carboxylic acids is 2. The van der Waals surface area contributed by atoms with Crippen LogP contribution in [0.2, 0.25) is 0 Å². The van der Waals surface area contributed by atoms with Gasteiger partial charge in [0.2, 0.25) is 5.91 Å². The number of aryl methyl sites for hydroxylation is 1. The Bertz CT molecular complexity index is 1130. The zero-order valence-electron chi connectivity index (χ0n) is 18.4. The van der Waals surface area contributed by atoms with E-state index in [1.807, 2.05) is 37.3 Å². The molecule has 0 unspecified atom stereocenters. The second-order valence-electron chi connectivity index (χ2n) is 8.41. The number of nitrogens with zero attached hydrogens (tertiary/aromatic N) is 2. The molecule has 0 aliphatic heterocycles. The molecule has 4 rings (SSSR count). The first-order valence-electron chi connectivity index (χ1n) is 11.0. The molecular weight excluding hydrogens is 404 g/mol. The van der Waals surface area contributed by atoms with Gasteiger partial charge in [-0.2, -0.15) is 9.78 Å². The van der Waals surface area contributed by atoms with Crippen LogP contribution in [-0.2, 0) is 11.3 Å². The molecule has 7 heteroatoms. The number of aromatic hydroxyl groups is 1. The quantitative estimate of drug-likeness (QED) is 0.498. The highest BCUT2D eigenvalue weighted by Gasteiger charge is 2.26. The average Bonchev–Trinajstić information content (AvgIpc) is 3.44. The van der Waals surface area contributed by atoms with Crippen LogP contribution in [0.5, 0.6) is 5.75 Å². The third-order valence-corrected chi connectivity index (χ3v) is 5.86. The summed E-state index contributed by atoms with van der Waals surface area (Å²) in [5, 5.41) is 20.7. The molecule has 1 aliphatic carbocycles. The van der Waals surface area contributed by atoms with Crippen molar-refractivity contribution in [1.82, 2.24) is 15.1 Å². The van der Waals surface area contributed by atoms with Gasteiger partial charge in [-0.1, -0.05) is 42.7 Å². The molecule has 3 N–H and O–H groups in total. The van der Waals surface area contributed by atoms with E-state index in [9.17, 15) is 14.7 Å². The number of phenolic OH excluding ortho intramolecular Hbond substituents is 1. The Morgan fingerprint density at radius 2 is 1.81 bits per heavy atom. The third kappa shape index (κ3) is 4.82.